The molecule has 1 saturated carbocycles. The first-order valence-electron chi connectivity index (χ1n) is 9.63. The zero-order valence-corrected chi connectivity index (χ0v) is 16.5. The van der Waals surface area contributed by atoms with Gasteiger partial charge in [0.15, 0.2) is 22.7 Å². The number of hydrogen-bond acceptors (Lipinski definition) is 9. The summed E-state index contributed by atoms with van der Waals surface area (Å²) in [5, 5.41) is 36.5. The fourth-order valence-corrected chi connectivity index (χ4v) is 4.30. The Kier molecular flexibility index (Phi) is 4.53. The number of nitrogens with zero attached hydrogens (tertiary/aromatic N) is 6. The Labute approximate surface area is 178 Å². The van der Waals surface area contributed by atoms with Crippen LogP contribution in [-0.2, 0) is 4.79 Å². The molecule has 5 atom stereocenters. The summed E-state index contributed by atoms with van der Waals surface area (Å²) < 4.78 is 27.1. The Bertz CT molecular complexity index is 1250. The average molecular weight is 445 g/mol. The Morgan fingerprint density at radius 2 is 2.22 bits per heavy atom. The Morgan fingerprint density at radius 1 is 1.41 bits per heavy atom. The van der Waals surface area contributed by atoms with E-state index in [0.29, 0.717) is 0 Å². The van der Waals surface area contributed by atoms with Gasteiger partial charge >= 0.3 is 0 Å². The van der Waals surface area contributed by atoms with Crippen molar-refractivity contribution in [3.8, 4) is 23.4 Å². The molecule has 166 valence electrons. The summed E-state index contributed by atoms with van der Waals surface area (Å²) in [7, 11) is 1.42. The first-order chi connectivity index (χ1) is 15.4. The van der Waals surface area contributed by atoms with E-state index in [2.05, 4.69) is 52.8 Å². The maximum absolute atomic E-state index is 12.8. The lowest BCUT2D eigenvalue weighted by atomic mass is 9.69. The number of carbonyl (C=O) groups is 1. The van der Waals surface area contributed by atoms with E-state index >= 15 is 0 Å². The molecule has 12 nitrogen and oxygen atoms in total. The van der Waals surface area contributed by atoms with Gasteiger partial charge in [-0.25, -0.2) is 23.7 Å². The second-order valence-corrected chi connectivity index (χ2v) is 7.47. The van der Waals surface area contributed by atoms with Gasteiger partial charge in [-0.1, -0.05) is 17.1 Å². The zero-order valence-electron chi connectivity index (χ0n) is 16.5. The molecule has 0 spiro atoms. The normalized spacial score (nSPS) is 28.2. The van der Waals surface area contributed by atoms with E-state index in [-0.39, 0.29) is 28.5 Å². The molecule has 2 aliphatic carbocycles. The van der Waals surface area contributed by atoms with Crippen LogP contribution in [0, 0.1) is 23.2 Å². The van der Waals surface area contributed by atoms with Crippen molar-refractivity contribution < 1.29 is 23.8 Å². The summed E-state index contributed by atoms with van der Waals surface area (Å²) in [6.45, 7) is -0.671. The fraction of sp³-hybridized carbons (Fsp3) is 0.444. The number of halogens is 2. The summed E-state index contributed by atoms with van der Waals surface area (Å²) in [4.78, 5) is 25.4. The minimum absolute atomic E-state index is 0.0392. The van der Waals surface area contributed by atoms with Gasteiger partial charge in [0.1, 0.15) is 23.4 Å². The molecule has 32 heavy (non-hydrogen) atoms. The molecular weight excluding hydrogens is 428 g/mol. The number of aromatic nitrogens is 7. The molecular formula is C18H17F2N9O3. The van der Waals surface area contributed by atoms with Crippen molar-refractivity contribution in [1.29, 1.82) is 0 Å². The Balaban J connectivity index is 1.64. The van der Waals surface area contributed by atoms with Gasteiger partial charge in [0.2, 0.25) is 5.91 Å². The van der Waals surface area contributed by atoms with Crippen LogP contribution in [0.15, 0.2) is 12.5 Å². The van der Waals surface area contributed by atoms with Crippen molar-refractivity contribution >= 4 is 22.9 Å². The van der Waals surface area contributed by atoms with E-state index in [9.17, 15) is 23.8 Å². The average Bonchev–Trinajstić information content (AvgIpc) is 3.46. The summed E-state index contributed by atoms with van der Waals surface area (Å²) in [6, 6.07) is -0.864. The van der Waals surface area contributed by atoms with Gasteiger partial charge in [-0.2, -0.15) is 0 Å². The standard InChI is InChI=1S/C18H17F2N9O3/c1-21-17(32)18-3-2-7(18)11(12(30)13(18)31)29-6-23-10-15(22-5-9(19)20)25-14(26-16(10)29)8-4-24-28-27-8/h4,6-7,9,11-13,30-31H,5H2,1H3,(H,21,32)(H,22,25,26)(H,24,27,28)/t7-,11-,12+,13+,18+/m1/s1. The van der Waals surface area contributed by atoms with Crippen molar-refractivity contribution in [1.82, 2.24) is 40.2 Å². The second-order valence-electron chi connectivity index (χ2n) is 7.47. The van der Waals surface area contributed by atoms with Crippen LogP contribution in [0.4, 0.5) is 14.6 Å². The zero-order chi connectivity index (χ0) is 22.6. The lowest BCUT2D eigenvalue weighted by Gasteiger charge is -2.35. The topological polar surface area (TPSA) is 167 Å². The van der Waals surface area contributed by atoms with Crippen LogP contribution in [0.25, 0.3) is 22.7 Å². The SMILES string of the molecule is CNC(=O)[C@@]12C#C[C@@H]1[C@@H](n1cnc3c(NCC(F)F)nc(-c4c[nH]nn4)nc31)[C@H](O)[C@@H]2O. The lowest BCUT2D eigenvalue weighted by Crippen LogP contribution is -2.52. The molecule has 0 radical (unpaired) electrons. The molecule has 0 saturated heterocycles. The molecule has 5 rings (SSSR count). The minimum atomic E-state index is -2.64. The van der Waals surface area contributed by atoms with Crippen molar-refractivity contribution in [2.45, 2.75) is 24.7 Å². The van der Waals surface area contributed by atoms with Crippen LogP contribution in [0.3, 0.4) is 0 Å². The number of anilines is 1. The molecule has 3 heterocycles. The summed E-state index contributed by atoms with van der Waals surface area (Å²) in [5.74, 6) is 4.47. The minimum Gasteiger partial charge on any atom is -0.388 e. The number of carbonyl (C=O) groups excluding carboxylic acids is 1. The molecule has 1 amide bonds. The van der Waals surface area contributed by atoms with Gasteiger partial charge in [-0.15, -0.1) is 5.10 Å². The highest BCUT2D eigenvalue weighted by Crippen LogP contribution is 2.54. The fourth-order valence-electron chi connectivity index (χ4n) is 4.30. The second kappa shape index (κ2) is 7.18. The van der Waals surface area contributed by atoms with Crippen LogP contribution in [0.5, 0.6) is 0 Å². The van der Waals surface area contributed by atoms with Crippen LogP contribution in [0.2, 0.25) is 0 Å². The quantitative estimate of drug-likeness (QED) is 0.297. The van der Waals surface area contributed by atoms with E-state index in [1.165, 1.54) is 24.1 Å². The van der Waals surface area contributed by atoms with Crippen molar-refractivity contribution in [3.63, 3.8) is 0 Å². The van der Waals surface area contributed by atoms with Gasteiger partial charge < -0.3 is 25.4 Å². The van der Waals surface area contributed by atoms with Gasteiger partial charge in [-0.05, 0) is 0 Å². The lowest BCUT2D eigenvalue weighted by molar-refractivity contribution is -0.135. The molecule has 2 aliphatic rings. The number of hydrogen-bond donors (Lipinski definition) is 5. The third kappa shape index (κ3) is 2.68. The highest BCUT2D eigenvalue weighted by Gasteiger charge is 2.67. The monoisotopic (exact) mass is 445 g/mol. The molecule has 3 aromatic heterocycles. The summed E-state index contributed by atoms with van der Waals surface area (Å²) >= 11 is 0. The number of fused-ring (bicyclic) bond motifs is 2. The number of amides is 1. The smallest absolute Gasteiger partial charge is 0.255 e. The van der Waals surface area contributed by atoms with Crippen molar-refractivity contribution in [2.24, 2.45) is 11.3 Å². The molecule has 14 heteroatoms. The molecule has 5 N–H and O–H groups in total. The van der Waals surface area contributed by atoms with E-state index in [4.69, 9.17) is 0 Å². The molecule has 0 bridgehead atoms. The maximum atomic E-state index is 12.8. The van der Waals surface area contributed by atoms with Gasteiger partial charge in [0.05, 0.1) is 31.0 Å². The van der Waals surface area contributed by atoms with Crippen molar-refractivity contribution in [2.75, 3.05) is 18.9 Å². The van der Waals surface area contributed by atoms with E-state index in [1.807, 2.05) is 0 Å². The molecule has 0 unspecified atom stereocenters. The summed E-state index contributed by atoms with van der Waals surface area (Å²) in [6.07, 6.45) is -2.67. The number of imidazole rings is 1. The van der Waals surface area contributed by atoms with Crippen LogP contribution in [0.1, 0.15) is 6.04 Å². The molecule has 0 aromatic carbocycles. The predicted octanol–water partition coefficient (Wildman–Crippen LogP) is -1.07. The summed E-state index contributed by atoms with van der Waals surface area (Å²) in [5.41, 5.74) is -0.847. The highest BCUT2D eigenvalue weighted by atomic mass is 19.3. The number of H-pyrrole nitrogens is 1. The Hall–Kier alpha value is -3.70. The third-order valence-corrected chi connectivity index (χ3v) is 5.82. The van der Waals surface area contributed by atoms with Crippen LogP contribution < -0.4 is 10.6 Å². The van der Waals surface area contributed by atoms with Crippen molar-refractivity contribution in [3.05, 3.63) is 12.5 Å². The number of alkyl halides is 2. The van der Waals surface area contributed by atoms with Gasteiger partial charge in [0, 0.05) is 7.05 Å². The van der Waals surface area contributed by atoms with Crippen LogP contribution in [-0.4, -0.2) is 83.3 Å². The highest BCUT2D eigenvalue weighted by molar-refractivity contribution is 5.91. The molecule has 0 aliphatic heterocycles. The number of aliphatic hydroxyl groups is 2. The number of aliphatic hydroxyl groups excluding tert-OH is 2. The Morgan fingerprint density at radius 3 is 2.84 bits per heavy atom. The van der Waals surface area contributed by atoms with E-state index < -0.39 is 48.5 Å². The first kappa shape index (κ1) is 20.2. The van der Waals surface area contributed by atoms with E-state index in [1.54, 1.807) is 0 Å². The first-order valence-corrected chi connectivity index (χ1v) is 9.63. The molecule has 3 aromatic rings. The van der Waals surface area contributed by atoms with Crippen LogP contribution >= 0.6 is 0 Å². The van der Waals surface area contributed by atoms with E-state index in [0.717, 1.165) is 0 Å². The number of rotatable bonds is 6. The van der Waals surface area contributed by atoms with Gasteiger partial charge in [0.25, 0.3) is 6.43 Å². The number of aromatic amines is 1. The maximum Gasteiger partial charge on any atom is 0.255 e. The third-order valence-electron chi connectivity index (χ3n) is 5.82. The molecule has 1 fully saturated rings. The predicted molar refractivity (Wildman–Crippen MR) is 104 cm³/mol. The van der Waals surface area contributed by atoms with Gasteiger partial charge in [-0.3, -0.25) is 9.89 Å². The number of nitrogens with one attached hydrogen (secondary N) is 3. The largest absolute Gasteiger partial charge is 0.388 e.